The van der Waals surface area contributed by atoms with Crippen LogP contribution >= 0.6 is 22.6 Å². The third-order valence-corrected chi connectivity index (χ3v) is 4.61. The average Bonchev–Trinajstić information content (AvgIpc) is 2.60. The number of amides is 1. The molecule has 1 heterocycles. The van der Waals surface area contributed by atoms with Crippen molar-refractivity contribution in [1.82, 2.24) is 4.90 Å². The largest absolute Gasteiger partial charge is 0.488 e. The molecule has 1 atom stereocenters. The summed E-state index contributed by atoms with van der Waals surface area (Å²) in [6.07, 6.45) is 0.0697. The van der Waals surface area contributed by atoms with Gasteiger partial charge in [-0.15, -0.1) is 0 Å². The summed E-state index contributed by atoms with van der Waals surface area (Å²) in [5, 5.41) is 0. The van der Waals surface area contributed by atoms with Crippen molar-refractivity contribution in [3.63, 3.8) is 0 Å². The fourth-order valence-electron chi connectivity index (χ4n) is 2.70. The van der Waals surface area contributed by atoms with E-state index in [-0.39, 0.29) is 12.0 Å². The maximum Gasteiger partial charge on any atom is 0.257 e. The molecule has 0 bridgehead atoms. The quantitative estimate of drug-likeness (QED) is 0.685. The van der Waals surface area contributed by atoms with Gasteiger partial charge in [0, 0.05) is 16.7 Å². The lowest BCUT2D eigenvalue weighted by atomic mass is 10.1. The van der Waals surface area contributed by atoms with Crippen LogP contribution in [0.15, 0.2) is 48.5 Å². The zero-order valence-electron chi connectivity index (χ0n) is 13.6. The van der Waals surface area contributed by atoms with Gasteiger partial charge in [-0.1, -0.05) is 30.3 Å². The predicted octanol–water partition coefficient (Wildman–Crippen LogP) is 3.73. The number of morpholine rings is 1. The van der Waals surface area contributed by atoms with Crippen LogP contribution in [-0.4, -0.2) is 36.6 Å². The molecule has 126 valence electrons. The van der Waals surface area contributed by atoms with Crippen LogP contribution in [0.3, 0.4) is 0 Å². The van der Waals surface area contributed by atoms with Crippen LogP contribution in [-0.2, 0) is 11.3 Å². The summed E-state index contributed by atoms with van der Waals surface area (Å²) >= 11 is 2.23. The molecule has 1 aliphatic rings. The van der Waals surface area contributed by atoms with Crippen molar-refractivity contribution >= 4 is 28.5 Å². The minimum atomic E-state index is 0.00427. The molecule has 1 aliphatic heterocycles. The molecule has 24 heavy (non-hydrogen) atoms. The van der Waals surface area contributed by atoms with Gasteiger partial charge in [0.05, 0.1) is 18.3 Å². The normalized spacial score (nSPS) is 17.6. The van der Waals surface area contributed by atoms with Crippen molar-refractivity contribution < 1.29 is 14.3 Å². The number of carbonyl (C=O) groups excluding carboxylic acids is 1. The number of nitrogens with zero attached hydrogens (tertiary/aromatic N) is 1. The van der Waals surface area contributed by atoms with Gasteiger partial charge in [0.2, 0.25) is 0 Å². The Morgan fingerprint density at radius 3 is 2.83 bits per heavy atom. The van der Waals surface area contributed by atoms with E-state index in [0.29, 0.717) is 37.6 Å². The molecule has 4 nitrogen and oxygen atoms in total. The third kappa shape index (κ3) is 4.27. The van der Waals surface area contributed by atoms with Gasteiger partial charge in [0.15, 0.2) is 0 Å². The van der Waals surface area contributed by atoms with Crippen LogP contribution in [0.5, 0.6) is 5.75 Å². The van der Waals surface area contributed by atoms with E-state index in [1.165, 1.54) is 0 Å². The summed E-state index contributed by atoms with van der Waals surface area (Å²) < 4.78 is 12.5. The van der Waals surface area contributed by atoms with Crippen LogP contribution < -0.4 is 4.74 Å². The number of halogens is 1. The molecule has 0 spiro atoms. The molecule has 0 N–H and O–H groups in total. The Labute approximate surface area is 155 Å². The van der Waals surface area contributed by atoms with Gasteiger partial charge in [0.1, 0.15) is 12.4 Å². The molecule has 1 fully saturated rings. The number of benzene rings is 2. The SMILES string of the molecule is C[C@H]1CN(C(=O)c2ccc(I)cc2OCc2ccccc2)CCO1. The van der Waals surface area contributed by atoms with Gasteiger partial charge in [-0.2, -0.15) is 0 Å². The first-order valence-electron chi connectivity index (χ1n) is 8.00. The molecule has 2 aromatic carbocycles. The van der Waals surface area contributed by atoms with E-state index in [1.54, 1.807) is 0 Å². The highest BCUT2D eigenvalue weighted by Gasteiger charge is 2.24. The monoisotopic (exact) mass is 437 g/mol. The summed E-state index contributed by atoms with van der Waals surface area (Å²) in [7, 11) is 0. The Balaban J connectivity index is 1.78. The third-order valence-electron chi connectivity index (χ3n) is 3.94. The minimum Gasteiger partial charge on any atom is -0.488 e. The van der Waals surface area contributed by atoms with Crippen LogP contribution in [0.1, 0.15) is 22.8 Å². The van der Waals surface area contributed by atoms with Crippen molar-refractivity contribution in [1.29, 1.82) is 0 Å². The predicted molar refractivity (Wildman–Crippen MR) is 101 cm³/mol. The second-order valence-electron chi connectivity index (χ2n) is 5.85. The summed E-state index contributed by atoms with van der Waals surface area (Å²) in [5.41, 5.74) is 1.69. The molecular formula is C19H20INO3. The highest BCUT2D eigenvalue weighted by molar-refractivity contribution is 14.1. The molecular weight excluding hydrogens is 417 g/mol. The molecule has 0 radical (unpaired) electrons. The fraction of sp³-hybridized carbons (Fsp3) is 0.316. The number of carbonyl (C=O) groups is 1. The van der Waals surface area contributed by atoms with Crippen LogP contribution in [0.25, 0.3) is 0 Å². The van der Waals surface area contributed by atoms with Gasteiger partial charge in [-0.05, 0) is 53.3 Å². The highest BCUT2D eigenvalue weighted by atomic mass is 127. The Morgan fingerprint density at radius 1 is 1.29 bits per heavy atom. The fourth-order valence-corrected chi connectivity index (χ4v) is 3.16. The van der Waals surface area contributed by atoms with Crippen LogP contribution in [0, 0.1) is 3.57 Å². The summed E-state index contributed by atoms with van der Waals surface area (Å²) in [5.74, 6) is 0.638. The number of hydrogen-bond donors (Lipinski definition) is 0. The molecule has 5 heteroatoms. The second kappa shape index (κ2) is 7.98. The van der Waals surface area contributed by atoms with E-state index in [4.69, 9.17) is 9.47 Å². The standard InChI is InChI=1S/C19H20INO3/c1-14-12-21(9-10-23-14)19(22)17-8-7-16(20)11-18(17)24-13-15-5-3-2-4-6-15/h2-8,11,14H,9-10,12-13H2,1H3/t14-/m0/s1. The minimum absolute atomic E-state index is 0.00427. The maximum atomic E-state index is 12.9. The van der Waals surface area contributed by atoms with E-state index < -0.39 is 0 Å². The van der Waals surface area contributed by atoms with Crippen molar-refractivity contribution in [2.75, 3.05) is 19.7 Å². The van der Waals surface area contributed by atoms with Crippen molar-refractivity contribution in [3.8, 4) is 5.75 Å². The van der Waals surface area contributed by atoms with Gasteiger partial charge >= 0.3 is 0 Å². The summed E-state index contributed by atoms with van der Waals surface area (Å²) in [4.78, 5) is 14.7. The van der Waals surface area contributed by atoms with E-state index >= 15 is 0 Å². The molecule has 0 saturated carbocycles. The first-order valence-corrected chi connectivity index (χ1v) is 9.08. The molecule has 2 aromatic rings. The van der Waals surface area contributed by atoms with Gasteiger partial charge in [-0.25, -0.2) is 0 Å². The molecule has 0 aliphatic carbocycles. The lowest BCUT2D eigenvalue weighted by Gasteiger charge is -2.31. The van der Waals surface area contributed by atoms with Gasteiger partial charge in [0.25, 0.3) is 5.91 Å². The molecule has 1 saturated heterocycles. The number of rotatable bonds is 4. The Morgan fingerprint density at radius 2 is 2.08 bits per heavy atom. The Hall–Kier alpha value is -1.60. The van der Waals surface area contributed by atoms with E-state index in [0.717, 1.165) is 9.13 Å². The molecule has 1 amide bonds. The van der Waals surface area contributed by atoms with Gasteiger partial charge < -0.3 is 14.4 Å². The Bertz CT molecular complexity index is 705. The van der Waals surface area contributed by atoms with E-state index in [1.807, 2.05) is 60.4 Å². The van der Waals surface area contributed by atoms with Crippen molar-refractivity contribution in [2.24, 2.45) is 0 Å². The number of hydrogen-bond acceptors (Lipinski definition) is 3. The second-order valence-corrected chi connectivity index (χ2v) is 7.09. The smallest absolute Gasteiger partial charge is 0.257 e. The highest BCUT2D eigenvalue weighted by Crippen LogP contribution is 2.25. The zero-order chi connectivity index (χ0) is 16.9. The molecule has 0 aromatic heterocycles. The molecule has 3 rings (SSSR count). The number of ether oxygens (including phenoxy) is 2. The van der Waals surface area contributed by atoms with Crippen LogP contribution in [0.2, 0.25) is 0 Å². The van der Waals surface area contributed by atoms with Crippen molar-refractivity contribution in [2.45, 2.75) is 19.6 Å². The first kappa shape index (κ1) is 17.2. The van der Waals surface area contributed by atoms with E-state index in [2.05, 4.69) is 22.6 Å². The topological polar surface area (TPSA) is 38.8 Å². The molecule has 0 unspecified atom stereocenters. The van der Waals surface area contributed by atoms with E-state index in [9.17, 15) is 4.79 Å². The lowest BCUT2D eigenvalue weighted by Crippen LogP contribution is -2.44. The Kier molecular flexibility index (Phi) is 5.73. The summed E-state index contributed by atoms with van der Waals surface area (Å²) in [6.45, 7) is 4.24. The summed E-state index contributed by atoms with van der Waals surface area (Å²) in [6, 6.07) is 15.7. The zero-order valence-corrected chi connectivity index (χ0v) is 15.7. The first-order chi connectivity index (χ1) is 11.6. The average molecular weight is 437 g/mol. The maximum absolute atomic E-state index is 12.9. The van der Waals surface area contributed by atoms with Crippen LogP contribution in [0.4, 0.5) is 0 Å². The lowest BCUT2D eigenvalue weighted by molar-refractivity contribution is -0.0125. The van der Waals surface area contributed by atoms with Crippen molar-refractivity contribution in [3.05, 3.63) is 63.2 Å². The van der Waals surface area contributed by atoms with Gasteiger partial charge in [-0.3, -0.25) is 4.79 Å².